The molecule has 2 rings (SSSR count). The summed E-state index contributed by atoms with van der Waals surface area (Å²) in [6, 6.07) is 5.29. The van der Waals surface area contributed by atoms with E-state index in [0.29, 0.717) is 16.6 Å². The molecule has 1 heterocycles. The molecule has 0 fully saturated rings. The highest BCUT2D eigenvalue weighted by Crippen LogP contribution is 2.30. The van der Waals surface area contributed by atoms with Crippen LogP contribution in [-0.2, 0) is 10.1 Å². The first kappa shape index (κ1) is 14.4. The molecule has 0 radical (unpaired) electrons. The number of nitrogens with one attached hydrogen (secondary N) is 1. The van der Waals surface area contributed by atoms with Crippen LogP contribution in [-0.4, -0.2) is 26.0 Å². The Kier molecular flexibility index (Phi) is 3.46. The van der Waals surface area contributed by atoms with Gasteiger partial charge in [0.2, 0.25) is 0 Å². The smallest absolute Gasteiger partial charge is 0.376 e. The van der Waals surface area contributed by atoms with Crippen molar-refractivity contribution in [2.24, 2.45) is 0 Å². The van der Waals surface area contributed by atoms with E-state index in [9.17, 15) is 21.6 Å². The molecule has 0 amide bonds. The Morgan fingerprint density at radius 2 is 1.95 bits per heavy atom. The third-order valence-electron chi connectivity index (χ3n) is 2.46. The van der Waals surface area contributed by atoms with E-state index in [2.05, 4.69) is 14.5 Å². The molecule has 1 aromatic heterocycles. The van der Waals surface area contributed by atoms with Gasteiger partial charge in [-0.2, -0.15) is 21.6 Å². The molecule has 0 aliphatic carbocycles. The number of fused-ring (bicyclic) bond motifs is 1. The van der Waals surface area contributed by atoms with Gasteiger partial charge < -0.3 is 9.50 Å². The van der Waals surface area contributed by atoms with Crippen molar-refractivity contribution >= 4 is 26.7 Å². The average Bonchev–Trinajstić information content (AvgIpc) is 2.35. The Hall–Kier alpha value is -2.03. The van der Waals surface area contributed by atoms with Crippen LogP contribution < -0.4 is 9.50 Å². The molecule has 1 aromatic carbocycles. The molecular weight excluding hydrogens is 297 g/mol. The second-order valence-electron chi connectivity index (χ2n) is 3.78. The lowest BCUT2D eigenvalue weighted by molar-refractivity contribution is -0.0500. The fourth-order valence-corrected chi connectivity index (χ4v) is 2.03. The van der Waals surface area contributed by atoms with Crippen LogP contribution in [0.5, 0.6) is 5.75 Å². The lowest BCUT2D eigenvalue weighted by atomic mass is 10.1. The van der Waals surface area contributed by atoms with Gasteiger partial charge >= 0.3 is 15.6 Å². The third kappa shape index (κ3) is 2.62. The molecule has 5 nitrogen and oxygen atoms in total. The summed E-state index contributed by atoms with van der Waals surface area (Å²) >= 11 is 0. The van der Waals surface area contributed by atoms with Gasteiger partial charge in [0, 0.05) is 18.6 Å². The van der Waals surface area contributed by atoms with Crippen molar-refractivity contribution in [3.8, 4) is 5.75 Å². The molecule has 1 N–H and O–H groups in total. The molecule has 2 aromatic rings. The molecular formula is C11H9F3N2O3S. The molecule has 108 valence electrons. The van der Waals surface area contributed by atoms with E-state index in [1.165, 1.54) is 24.4 Å². The fourth-order valence-electron chi connectivity index (χ4n) is 1.58. The molecule has 0 saturated heterocycles. The maximum absolute atomic E-state index is 12.2. The van der Waals surface area contributed by atoms with Gasteiger partial charge in [-0.25, -0.2) is 4.98 Å². The summed E-state index contributed by atoms with van der Waals surface area (Å²) in [6.07, 6.45) is 1.44. The first-order valence-electron chi connectivity index (χ1n) is 5.32. The monoisotopic (exact) mass is 306 g/mol. The summed E-state index contributed by atoms with van der Waals surface area (Å²) in [5.74, 6) is 0.107. The van der Waals surface area contributed by atoms with Gasteiger partial charge in [0.1, 0.15) is 11.6 Å². The molecule has 20 heavy (non-hydrogen) atoms. The predicted octanol–water partition coefficient (Wildman–Crippen LogP) is 2.50. The maximum atomic E-state index is 12.2. The number of aromatic nitrogens is 1. The molecule has 0 bridgehead atoms. The van der Waals surface area contributed by atoms with Crippen molar-refractivity contribution in [2.45, 2.75) is 5.51 Å². The minimum absolute atomic E-state index is 0.414. The van der Waals surface area contributed by atoms with Gasteiger partial charge in [0.05, 0.1) is 0 Å². The largest absolute Gasteiger partial charge is 0.534 e. The van der Waals surface area contributed by atoms with E-state index in [0.717, 1.165) is 6.07 Å². The highest BCUT2D eigenvalue weighted by Gasteiger charge is 2.48. The van der Waals surface area contributed by atoms with Crippen LogP contribution in [0.15, 0.2) is 30.5 Å². The molecule has 0 spiro atoms. The summed E-state index contributed by atoms with van der Waals surface area (Å²) < 4.78 is 62.5. The number of halogens is 3. The Labute approximate surface area is 112 Å². The first-order valence-corrected chi connectivity index (χ1v) is 6.73. The maximum Gasteiger partial charge on any atom is 0.534 e. The standard InChI is InChI=1S/C11H9F3N2O3S/c1-15-10-9-3-2-8(6-7(9)4-5-16-10)19-20(17,18)11(12,13)14/h2-6H,1H3,(H,15,16). The average molecular weight is 306 g/mol. The molecule has 0 aliphatic rings. The minimum Gasteiger partial charge on any atom is -0.376 e. The number of hydrogen-bond acceptors (Lipinski definition) is 5. The number of rotatable bonds is 3. The number of nitrogens with zero attached hydrogens (tertiary/aromatic N) is 1. The first-order chi connectivity index (χ1) is 9.24. The van der Waals surface area contributed by atoms with E-state index >= 15 is 0 Å². The fraction of sp³-hybridized carbons (Fsp3) is 0.182. The Balaban J connectivity index is 2.44. The number of anilines is 1. The zero-order chi connectivity index (χ0) is 15.0. The van der Waals surface area contributed by atoms with Gasteiger partial charge in [-0.1, -0.05) is 0 Å². The van der Waals surface area contributed by atoms with Gasteiger partial charge in [-0.05, 0) is 29.7 Å². The van der Waals surface area contributed by atoms with Crippen molar-refractivity contribution in [1.82, 2.24) is 4.98 Å². The summed E-state index contributed by atoms with van der Waals surface area (Å²) in [5.41, 5.74) is -5.46. The second-order valence-corrected chi connectivity index (χ2v) is 5.31. The lowest BCUT2D eigenvalue weighted by Crippen LogP contribution is -2.28. The summed E-state index contributed by atoms with van der Waals surface area (Å²) in [7, 11) is -4.03. The number of pyridine rings is 1. The van der Waals surface area contributed by atoms with Gasteiger partial charge in [-0.3, -0.25) is 0 Å². The van der Waals surface area contributed by atoms with E-state index in [1.54, 1.807) is 7.05 Å². The normalized spacial score (nSPS) is 12.4. The van der Waals surface area contributed by atoms with Crippen LogP contribution in [0.3, 0.4) is 0 Å². The Bertz CT molecular complexity index is 744. The van der Waals surface area contributed by atoms with Gasteiger partial charge in [-0.15, -0.1) is 0 Å². The molecule has 9 heteroatoms. The molecule has 0 atom stereocenters. The minimum atomic E-state index is -5.67. The topological polar surface area (TPSA) is 68.3 Å². The van der Waals surface area contributed by atoms with E-state index in [4.69, 9.17) is 0 Å². The van der Waals surface area contributed by atoms with Crippen LogP contribution in [0.25, 0.3) is 10.8 Å². The Morgan fingerprint density at radius 3 is 2.55 bits per heavy atom. The van der Waals surface area contributed by atoms with Crippen molar-refractivity contribution in [2.75, 3.05) is 12.4 Å². The third-order valence-corrected chi connectivity index (χ3v) is 3.44. The number of alkyl halides is 3. The van der Waals surface area contributed by atoms with Gasteiger partial charge in [0.15, 0.2) is 0 Å². The summed E-state index contributed by atoms with van der Waals surface area (Å²) in [4.78, 5) is 4.02. The quantitative estimate of drug-likeness (QED) is 0.697. The van der Waals surface area contributed by atoms with E-state index < -0.39 is 21.4 Å². The van der Waals surface area contributed by atoms with Crippen molar-refractivity contribution in [3.05, 3.63) is 30.5 Å². The van der Waals surface area contributed by atoms with Crippen LogP contribution in [0.1, 0.15) is 0 Å². The zero-order valence-corrected chi connectivity index (χ0v) is 10.9. The van der Waals surface area contributed by atoms with Crippen LogP contribution in [0.4, 0.5) is 19.0 Å². The van der Waals surface area contributed by atoms with Crippen LogP contribution in [0.2, 0.25) is 0 Å². The highest BCUT2D eigenvalue weighted by molar-refractivity contribution is 7.88. The molecule has 0 unspecified atom stereocenters. The summed E-state index contributed by atoms with van der Waals surface area (Å²) in [6.45, 7) is 0. The highest BCUT2D eigenvalue weighted by atomic mass is 32.2. The van der Waals surface area contributed by atoms with Crippen molar-refractivity contribution in [3.63, 3.8) is 0 Å². The van der Waals surface area contributed by atoms with Gasteiger partial charge in [0.25, 0.3) is 0 Å². The Morgan fingerprint density at radius 1 is 1.25 bits per heavy atom. The van der Waals surface area contributed by atoms with Crippen LogP contribution >= 0.6 is 0 Å². The number of hydrogen-bond donors (Lipinski definition) is 1. The lowest BCUT2D eigenvalue weighted by Gasteiger charge is -2.10. The zero-order valence-electron chi connectivity index (χ0n) is 10.1. The van der Waals surface area contributed by atoms with Crippen molar-refractivity contribution < 1.29 is 25.8 Å². The second kappa shape index (κ2) is 4.82. The number of benzene rings is 1. The summed E-state index contributed by atoms with van der Waals surface area (Å²) in [5, 5.41) is 3.94. The van der Waals surface area contributed by atoms with E-state index in [-0.39, 0.29) is 0 Å². The van der Waals surface area contributed by atoms with Crippen molar-refractivity contribution in [1.29, 1.82) is 0 Å². The predicted molar refractivity (Wildman–Crippen MR) is 66.9 cm³/mol. The van der Waals surface area contributed by atoms with Crippen LogP contribution in [0, 0.1) is 0 Å². The van der Waals surface area contributed by atoms with E-state index in [1.807, 2.05) is 0 Å². The molecule has 0 aliphatic heterocycles. The molecule has 0 saturated carbocycles. The SMILES string of the molecule is CNc1nccc2cc(OS(=O)(=O)C(F)(F)F)ccc12.